The number of carbonyl (C=O) groups is 1. The van der Waals surface area contributed by atoms with Crippen molar-refractivity contribution < 1.29 is 9.53 Å². The molecule has 2 aromatic rings. The predicted molar refractivity (Wildman–Crippen MR) is 119 cm³/mol. The minimum absolute atomic E-state index is 0.0471. The number of nitrogens with one attached hydrogen (secondary N) is 1. The average Bonchev–Trinajstić information content (AvgIpc) is 2.78. The number of carbonyl (C=O) groups excluding carboxylic acids is 1. The number of piperidine rings is 1. The zero-order chi connectivity index (χ0) is 22.0. The molecule has 1 atom stereocenters. The number of amides is 1. The smallest absolute Gasteiger partial charge is 0.254 e. The number of fused-ring (bicyclic) bond motifs is 1. The summed E-state index contributed by atoms with van der Waals surface area (Å²) in [6, 6.07) is 7.85. The molecule has 1 aromatic heterocycles. The van der Waals surface area contributed by atoms with Gasteiger partial charge < -0.3 is 14.6 Å². The van der Waals surface area contributed by atoms with Gasteiger partial charge in [-0.3, -0.25) is 14.5 Å². The highest BCUT2D eigenvalue weighted by Gasteiger charge is 2.31. The van der Waals surface area contributed by atoms with E-state index < -0.39 is 0 Å². The second kappa shape index (κ2) is 9.22. The number of methoxy groups -OCH3 is 1. The number of nitrogens with zero attached hydrogens (tertiary/aromatic N) is 3. The van der Waals surface area contributed by atoms with E-state index in [-0.39, 0.29) is 17.5 Å². The van der Waals surface area contributed by atoms with Crippen LogP contribution in [0.2, 0.25) is 0 Å². The molecule has 31 heavy (non-hydrogen) atoms. The SMILES string of the molecule is COc1cccc(CC(=O)N2CCCC[C@@H]2c2nc3c(c(=O)[nH]2)CCN(C(C)C)C3)c1. The van der Waals surface area contributed by atoms with Crippen molar-refractivity contribution in [3.63, 3.8) is 0 Å². The largest absolute Gasteiger partial charge is 0.497 e. The van der Waals surface area contributed by atoms with Crippen LogP contribution in [0, 0.1) is 0 Å². The quantitative estimate of drug-likeness (QED) is 0.799. The van der Waals surface area contributed by atoms with Crippen molar-refractivity contribution in [1.82, 2.24) is 19.8 Å². The van der Waals surface area contributed by atoms with Crippen LogP contribution in [0.25, 0.3) is 0 Å². The van der Waals surface area contributed by atoms with Gasteiger partial charge in [0.1, 0.15) is 11.6 Å². The van der Waals surface area contributed by atoms with Gasteiger partial charge in [-0.25, -0.2) is 4.98 Å². The molecule has 7 heteroatoms. The molecule has 1 fully saturated rings. The molecule has 7 nitrogen and oxygen atoms in total. The lowest BCUT2D eigenvalue weighted by Gasteiger charge is -2.36. The fourth-order valence-electron chi connectivity index (χ4n) is 4.65. The maximum Gasteiger partial charge on any atom is 0.254 e. The van der Waals surface area contributed by atoms with Gasteiger partial charge in [-0.2, -0.15) is 0 Å². The van der Waals surface area contributed by atoms with Gasteiger partial charge in [-0.05, 0) is 57.2 Å². The number of aromatic amines is 1. The highest BCUT2D eigenvalue weighted by molar-refractivity contribution is 5.79. The number of hydrogen-bond acceptors (Lipinski definition) is 5. The van der Waals surface area contributed by atoms with E-state index in [9.17, 15) is 9.59 Å². The molecule has 0 bridgehead atoms. The highest BCUT2D eigenvalue weighted by atomic mass is 16.5. The molecule has 3 heterocycles. The van der Waals surface area contributed by atoms with Crippen LogP contribution in [0.5, 0.6) is 5.75 Å². The Kier molecular flexibility index (Phi) is 6.41. The third-order valence-corrected chi connectivity index (χ3v) is 6.48. The molecule has 1 N–H and O–H groups in total. The first kappa shape index (κ1) is 21.6. The summed E-state index contributed by atoms with van der Waals surface area (Å²) in [7, 11) is 1.63. The van der Waals surface area contributed by atoms with Crippen LogP contribution in [0.15, 0.2) is 29.1 Å². The van der Waals surface area contributed by atoms with Crippen LogP contribution in [0.3, 0.4) is 0 Å². The molecule has 0 radical (unpaired) electrons. The fraction of sp³-hybridized carbons (Fsp3) is 0.542. The monoisotopic (exact) mass is 424 g/mol. The molecule has 2 aliphatic rings. The van der Waals surface area contributed by atoms with E-state index >= 15 is 0 Å². The first-order chi connectivity index (χ1) is 15.0. The summed E-state index contributed by atoms with van der Waals surface area (Å²) >= 11 is 0. The second-order valence-corrected chi connectivity index (χ2v) is 8.82. The summed E-state index contributed by atoms with van der Waals surface area (Å²) in [5.74, 6) is 1.44. The Labute approximate surface area is 183 Å². The zero-order valence-electron chi connectivity index (χ0n) is 18.7. The van der Waals surface area contributed by atoms with Crippen LogP contribution in [0.4, 0.5) is 0 Å². The minimum atomic E-state index is -0.181. The Morgan fingerprint density at radius 1 is 1.29 bits per heavy atom. The molecule has 0 unspecified atom stereocenters. The van der Waals surface area contributed by atoms with Crippen LogP contribution in [-0.4, -0.2) is 51.9 Å². The predicted octanol–water partition coefficient (Wildman–Crippen LogP) is 2.84. The molecule has 0 aliphatic carbocycles. The molecule has 0 saturated carbocycles. The first-order valence-corrected chi connectivity index (χ1v) is 11.2. The third kappa shape index (κ3) is 4.66. The van der Waals surface area contributed by atoms with Gasteiger partial charge in [-0.1, -0.05) is 12.1 Å². The fourth-order valence-corrected chi connectivity index (χ4v) is 4.65. The number of rotatable bonds is 5. The first-order valence-electron chi connectivity index (χ1n) is 11.2. The van der Waals surface area contributed by atoms with Crippen molar-refractivity contribution in [2.45, 2.75) is 64.6 Å². The summed E-state index contributed by atoms with van der Waals surface area (Å²) in [6.07, 6.45) is 3.84. The zero-order valence-corrected chi connectivity index (χ0v) is 18.7. The Bertz CT molecular complexity index is 1000. The topological polar surface area (TPSA) is 78.5 Å². The summed E-state index contributed by atoms with van der Waals surface area (Å²) in [5, 5.41) is 0. The number of H-pyrrole nitrogens is 1. The number of hydrogen-bond donors (Lipinski definition) is 1. The molecule has 1 amide bonds. The van der Waals surface area contributed by atoms with Crippen LogP contribution in [0.1, 0.15) is 61.8 Å². The Hall–Kier alpha value is -2.67. The van der Waals surface area contributed by atoms with Gasteiger partial charge in [-0.15, -0.1) is 0 Å². The summed E-state index contributed by atoms with van der Waals surface area (Å²) in [6.45, 7) is 6.59. The highest BCUT2D eigenvalue weighted by Crippen LogP contribution is 2.30. The number of likely N-dealkylation sites (tertiary alicyclic amines) is 1. The number of benzene rings is 1. The van der Waals surface area contributed by atoms with E-state index in [4.69, 9.17) is 9.72 Å². The normalized spacial score (nSPS) is 19.4. The van der Waals surface area contributed by atoms with Crippen molar-refractivity contribution >= 4 is 5.91 Å². The van der Waals surface area contributed by atoms with Gasteiger partial charge >= 0.3 is 0 Å². The molecular weight excluding hydrogens is 392 g/mol. The van der Waals surface area contributed by atoms with Gasteiger partial charge in [0.25, 0.3) is 5.56 Å². The van der Waals surface area contributed by atoms with Crippen LogP contribution in [-0.2, 0) is 24.2 Å². The second-order valence-electron chi connectivity index (χ2n) is 8.82. The maximum absolute atomic E-state index is 13.2. The number of ether oxygens (including phenoxy) is 1. The van der Waals surface area contributed by atoms with E-state index in [0.29, 0.717) is 31.4 Å². The standard InChI is InChI=1S/C24H32N4O3/c1-16(2)27-12-10-19-20(15-27)25-23(26-24(19)30)21-9-4-5-11-28(21)22(29)14-17-7-6-8-18(13-17)31-3/h6-8,13,16,21H,4-5,9-12,14-15H2,1-3H3,(H,25,26,30)/t21-/m1/s1. The Morgan fingerprint density at radius 3 is 2.90 bits per heavy atom. The Balaban J connectivity index is 1.58. The Morgan fingerprint density at radius 2 is 2.13 bits per heavy atom. The van der Waals surface area contributed by atoms with Crippen molar-refractivity contribution in [2.24, 2.45) is 0 Å². The lowest BCUT2D eigenvalue weighted by atomic mass is 9.99. The molecule has 1 aromatic carbocycles. The molecule has 166 valence electrons. The third-order valence-electron chi connectivity index (χ3n) is 6.48. The van der Waals surface area contributed by atoms with Crippen molar-refractivity contribution in [2.75, 3.05) is 20.2 Å². The maximum atomic E-state index is 13.2. The van der Waals surface area contributed by atoms with E-state index in [1.807, 2.05) is 29.2 Å². The molecular formula is C24H32N4O3. The van der Waals surface area contributed by atoms with Gasteiger partial charge in [0.2, 0.25) is 5.91 Å². The molecule has 0 spiro atoms. The summed E-state index contributed by atoms with van der Waals surface area (Å²) in [4.78, 5) is 38.2. The molecule has 1 saturated heterocycles. The summed E-state index contributed by atoms with van der Waals surface area (Å²) < 4.78 is 5.29. The summed E-state index contributed by atoms with van der Waals surface area (Å²) in [5.41, 5.74) is 2.54. The van der Waals surface area contributed by atoms with E-state index in [0.717, 1.165) is 54.8 Å². The van der Waals surface area contributed by atoms with Gasteiger partial charge in [0, 0.05) is 31.2 Å². The van der Waals surface area contributed by atoms with Gasteiger partial charge in [0.05, 0.1) is 25.3 Å². The lowest BCUT2D eigenvalue weighted by molar-refractivity contribution is -0.134. The van der Waals surface area contributed by atoms with Crippen molar-refractivity contribution in [3.05, 3.63) is 57.3 Å². The van der Waals surface area contributed by atoms with Crippen molar-refractivity contribution in [1.29, 1.82) is 0 Å². The average molecular weight is 425 g/mol. The molecule has 4 rings (SSSR count). The minimum Gasteiger partial charge on any atom is -0.497 e. The number of aromatic nitrogens is 2. The van der Waals surface area contributed by atoms with E-state index in [1.165, 1.54) is 0 Å². The van der Waals surface area contributed by atoms with E-state index in [2.05, 4.69) is 23.7 Å². The van der Waals surface area contributed by atoms with Crippen molar-refractivity contribution in [3.8, 4) is 5.75 Å². The lowest BCUT2D eigenvalue weighted by Crippen LogP contribution is -2.43. The van der Waals surface area contributed by atoms with Crippen LogP contribution >= 0.6 is 0 Å². The molecule has 2 aliphatic heterocycles. The van der Waals surface area contributed by atoms with Crippen LogP contribution < -0.4 is 10.3 Å². The van der Waals surface area contributed by atoms with Gasteiger partial charge in [0.15, 0.2) is 0 Å². The van der Waals surface area contributed by atoms with E-state index in [1.54, 1.807) is 7.11 Å².